The third kappa shape index (κ3) is 2.89. The molecular weight excluding hydrogens is 368 g/mol. The van der Waals surface area contributed by atoms with Gasteiger partial charge in [-0.05, 0) is 24.3 Å². The molecule has 0 spiro atoms. The Bertz CT molecular complexity index is 1210. The molecule has 0 aliphatic carbocycles. The van der Waals surface area contributed by atoms with Crippen LogP contribution in [0.4, 0.5) is 11.6 Å². The Kier molecular flexibility index (Phi) is 3.98. The van der Waals surface area contributed by atoms with Crippen molar-refractivity contribution in [1.82, 2.24) is 34.8 Å². The summed E-state index contributed by atoms with van der Waals surface area (Å²) in [6.45, 7) is 1.53. The van der Waals surface area contributed by atoms with Gasteiger partial charge in [-0.1, -0.05) is 0 Å². The molecule has 0 N–H and O–H groups in total. The summed E-state index contributed by atoms with van der Waals surface area (Å²) in [7, 11) is 1.93. The van der Waals surface area contributed by atoms with Gasteiger partial charge in [-0.15, -0.1) is 15.3 Å². The second-order valence-electron chi connectivity index (χ2n) is 6.74. The van der Waals surface area contributed by atoms with Gasteiger partial charge < -0.3 is 9.80 Å². The lowest BCUT2D eigenvalue weighted by Gasteiger charge is -2.44. The Morgan fingerprint density at radius 2 is 1.97 bits per heavy atom. The molecule has 0 atom stereocenters. The molecule has 0 aromatic carbocycles. The molecule has 142 valence electrons. The van der Waals surface area contributed by atoms with Crippen LogP contribution >= 0.6 is 0 Å². The first-order valence-electron chi connectivity index (χ1n) is 9.06. The molecule has 29 heavy (non-hydrogen) atoms. The van der Waals surface area contributed by atoms with Crippen molar-refractivity contribution in [2.24, 2.45) is 0 Å². The van der Waals surface area contributed by atoms with Crippen molar-refractivity contribution in [2.45, 2.75) is 6.04 Å². The van der Waals surface area contributed by atoms with Crippen LogP contribution < -0.4 is 9.80 Å². The summed E-state index contributed by atoms with van der Waals surface area (Å²) in [5.41, 5.74) is 1.87. The zero-order chi connectivity index (χ0) is 19.8. The number of fused-ring (bicyclic) bond motifs is 1. The molecule has 0 bridgehead atoms. The SMILES string of the molecule is CN(c1nccnc1C#N)C1CN(c2ccc3nnc(-c4cccnc4)n3n2)C1. The van der Waals surface area contributed by atoms with Gasteiger partial charge in [0.25, 0.3) is 0 Å². The molecule has 10 nitrogen and oxygen atoms in total. The fourth-order valence-electron chi connectivity index (χ4n) is 3.35. The van der Waals surface area contributed by atoms with E-state index in [9.17, 15) is 5.26 Å². The van der Waals surface area contributed by atoms with E-state index in [0.717, 1.165) is 24.5 Å². The van der Waals surface area contributed by atoms with Gasteiger partial charge in [-0.2, -0.15) is 9.78 Å². The molecular formula is C19H16N10. The molecule has 0 unspecified atom stereocenters. The van der Waals surface area contributed by atoms with Gasteiger partial charge in [-0.3, -0.25) is 4.98 Å². The van der Waals surface area contributed by atoms with Gasteiger partial charge in [0.05, 0.1) is 6.04 Å². The maximum absolute atomic E-state index is 9.25. The minimum atomic E-state index is 0.218. The molecule has 1 fully saturated rings. The Balaban J connectivity index is 1.37. The fourth-order valence-corrected chi connectivity index (χ4v) is 3.35. The Morgan fingerprint density at radius 3 is 2.76 bits per heavy atom. The molecule has 0 radical (unpaired) electrons. The number of likely N-dealkylation sites (N-methyl/N-ethyl adjacent to an activating group) is 1. The van der Waals surface area contributed by atoms with E-state index in [2.05, 4.69) is 36.1 Å². The van der Waals surface area contributed by atoms with E-state index in [1.807, 2.05) is 36.2 Å². The van der Waals surface area contributed by atoms with Crippen molar-refractivity contribution < 1.29 is 0 Å². The molecule has 1 aliphatic heterocycles. The van der Waals surface area contributed by atoms with E-state index in [1.165, 1.54) is 6.20 Å². The minimum Gasteiger partial charge on any atom is -0.351 e. The summed E-state index contributed by atoms with van der Waals surface area (Å²) in [5, 5.41) is 22.4. The van der Waals surface area contributed by atoms with E-state index in [4.69, 9.17) is 5.10 Å². The van der Waals surface area contributed by atoms with E-state index < -0.39 is 0 Å². The smallest absolute Gasteiger partial charge is 0.187 e. The molecule has 1 saturated heterocycles. The van der Waals surface area contributed by atoms with Crippen molar-refractivity contribution in [2.75, 3.05) is 29.9 Å². The first-order chi connectivity index (χ1) is 14.2. The maximum Gasteiger partial charge on any atom is 0.187 e. The van der Waals surface area contributed by atoms with Crippen molar-refractivity contribution in [1.29, 1.82) is 5.26 Å². The normalized spacial score (nSPS) is 13.9. The van der Waals surface area contributed by atoms with Crippen LogP contribution in [0.1, 0.15) is 5.69 Å². The second kappa shape index (κ2) is 6.79. The number of nitriles is 1. The molecule has 4 aromatic rings. The number of pyridine rings is 1. The second-order valence-corrected chi connectivity index (χ2v) is 6.74. The highest BCUT2D eigenvalue weighted by Crippen LogP contribution is 2.26. The number of rotatable bonds is 4. The first kappa shape index (κ1) is 17.0. The van der Waals surface area contributed by atoms with Crippen LogP contribution in [0.3, 0.4) is 0 Å². The first-order valence-corrected chi connectivity index (χ1v) is 9.06. The van der Waals surface area contributed by atoms with Crippen LogP contribution in [-0.4, -0.2) is 60.9 Å². The standard InChI is InChI=1S/C19H16N10/c1-27(19-15(9-20)22-7-8-23-19)14-11-28(12-14)17-5-4-16-24-25-18(29(16)26-17)13-3-2-6-21-10-13/h2-8,10,14H,11-12H2,1H3. The van der Waals surface area contributed by atoms with Crippen molar-refractivity contribution in [3.8, 4) is 17.5 Å². The molecule has 5 heterocycles. The van der Waals surface area contributed by atoms with Crippen LogP contribution in [0, 0.1) is 11.3 Å². The van der Waals surface area contributed by atoms with Gasteiger partial charge in [0.2, 0.25) is 0 Å². The predicted octanol–water partition coefficient (Wildman–Crippen LogP) is 1.17. The van der Waals surface area contributed by atoms with Crippen LogP contribution in [0.2, 0.25) is 0 Å². The van der Waals surface area contributed by atoms with E-state index in [0.29, 0.717) is 23.0 Å². The Hall–Kier alpha value is -4.13. The van der Waals surface area contributed by atoms with Gasteiger partial charge in [-0.25, -0.2) is 9.97 Å². The maximum atomic E-state index is 9.25. The summed E-state index contributed by atoms with van der Waals surface area (Å²) in [6.07, 6.45) is 6.59. The number of hydrogen-bond acceptors (Lipinski definition) is 9. The minimum absolute atomic E-state index is 0.218. The van der Waals surface area contributed by atoms with Gasteiger partial charge in [0.1, 0.15) is 11.9 Å². The quantitative estimate of drug-likeness (QED) is 0.512. The molecule has 0 amide bonds. The van der Waals surface area contributed by atoms with Crippen LogP contribution in [0.5, 0.6) is 0 Å². The van der Waals surface area contributed by atoms with Crippen molar-refractivity contribution >= 4 is 17.3 Å². The predicted molar refractivity (Wildman–Crippen MR) is 105 cm³/mol. The van der Waals surface area contributed by atoms with E-state index >= 15 is 0 Å². The molecule has 1 aliphatic rings. The number of aromatic nitrogens is 7. The van der Waals surface area contributed by atoms with Crippen LogP contribution in [-0.2, 0) is 0 Å². The third-order valence-electron chi connectivity index (χ3n) is 5.02. The Morgan fingerprint density at radius 1 is 1.10 bits per heavy atom. The molecule has 5 rings (SSSR count). The summed E-state index contributed by atoms with van der Waals surface area (Å²) < 4.78 is 1.74. The summed E-state index contributed by atoms with van der Waals surface area (Å²) >= 11 is 0. The largest absolute Gasteiger partial charge is 0.351 e. The number of nitrogens with zero attached hydrogens (tertiary/aromatic N) is 10. The van der Waals surface area contributed by atoms with Gasteiger partial charge in [0, 0.05) is 50.5 Å². The summed E-state index contributed by atoms with van der Waals surface area (Å²) in [5.74, 6) is 2.09. The zero-order valence-corrected chi connectivity index (χ0v) is 15.6. The third-order valence-corrected chi connectivity index (χ3v) is 5.02. The van der Waals surface area contributed by atoms with E-state index in [-0.39, 0.29) is 6.04 Å². The Labute approximate surface area is 166 Å². The lowest BCUT2D eigenvalue weighted by Crippen LogP contribution is -2.59. The average Bonchev–Trinajstić information content (AvgIpc) is 3.16. The molecule has 10 heteroatoms. The summed E-state index contributed by atoms with van der Waals surface area (Å²) in [4.78, 5) is 16.7. The van der Waals surface area contributed by atoms with Gasteiger partial charge in [0.15, 0.2) is 23.0 Å². The monoisotopic (exact) mass is 384 g/mol. The summed E-state index contributed by atoms with van der Waals surface area (Å²) in [6, 6.07) is 9.95. The van der Waals surface area contributed by atoms with Crippen LogP contribution in [0.15, 0.2) is 49.1 Å². The highest BCUT2D eigenvalue weighted by molar-refractivity contribution is 5.59. The zero-order valence-electron chi connectivity index (χ0n) is 15.6. The van der Waals surface area contributed by atoms with E-state index in [1.54, 1.807) is 23.1 Å². The number of hydrogen-bond donors (Lipinski definition) is 0. The molecule has 0 saturated carbocycles. The number of anilines is 2. The molecule has 4 aromatic heterocycles. The lowest BCUT2D eigenvalue weighted by atomic mass is 10.1. The van der Waals surface area contributed by atoms with Gasteiger partial charge >= 0.3 is 0 Å². The highest BCUT2D eigenvalue weighted by Gasteiger charge is 2.33. The lowest BCUT2D eigenvalue weighted by molar-refractivity contribution is 0.486. The van der Waals surface area contributed by atoms with Crippen molar-refractivity contribution in [3.63, 3.8) is 0 Å². The fraction of sp³-hybridized carbons (Fsp3) is 0.211. The average molecular weight is 384 g/mol. The highest BCUT2D eigenvalue weighted by atomic mass is 15.4. The topological polar surface area (TPSA) is 112 Å². The van der Waals surface area contributed by atoms with Crippen LogP contribution in [0.25, 0.3) is 17.0 Å². The van der Waals surface area contributed by atoms with Crippen molar-refractivity contribution in [3.05, 3.63) is 54.7 Å².